The van der Waals surface area contributed by atoms with Crippen LogP contribution < -0.4 is 0 Å². The van der Waals surface area contributed by atoms with Crippen molar-refractivity contribution < 1.29 is 80.8 Å². The largest absolute Gasteiger partial charge is 0.412 e. The maximum absolute atomic E-state index is 8.25. The van der Waals surface area contributed by atoms with E-state index in [1.54, 1.807) is 0 Å². The van der Waals surface area contributed by atoms with Crippen LogP contribution in [-0.4, -0.2) is 48.1 Å². The van der Waals surface area contributed by atoms with E-state index in [1.165, 1.54) is 0 Å². The van der Waals surface area contributed by atoms with Crippen LogP contribution in [0.1, 0.15) is 0 Å². The minimum Gasteiger partial charge on any atom is -0.412 e. The molecule has 0 aromatic carbocycles. The summed E-state index contributed by atoms with van der Waals surface area (Å²) in [5, 5.41) is 44.2. The van der Waals surface area contributed by atoms with E-state index in [0.29, 0.717) is 0 Å². The monoisotopic (exact) mass is 383 g/mol. The van der Waals surface area contributed by atoms with Gasteiger partial charge in [-0.05, 0) is 0 Å². The molecule has 0 amide bonds. The van der Waals surface area contributed by atoms with Crippen LogP contribution in [0.5, 0.6) is 0 Å². The zero-order chi connectivity index (χ0) is 10.7. The molecule has 0 aliphatic rings. The second-order valence-corrected chi connectivity index (χ2v) is 0.671. The molecule has 0 unspecified atom stereocenters. The molecule has 0 atom stereocenters. The number of hydrogen-bond donors (Lipinski definition) is 0. The number of nitrogens with zero attached hydrogens (tertiary/aromatic N) is 3. The molecule has 12 N–H and O–H groups in total. The first-order valence-electron chi connectivity index (χ1n) is 1.64. The Morgan fingerprint density at radius 2 is 0.421 bits per heavy atom. The number of rotatable bonds is 0. The van der Waals surface area contributed by atoms with E-state index in [0.717, 1.165) is 0 Å². The topological polar surface area (TPSA) is 388 Å². The molecule has 0 heterocycles. The Hall–Kier alpha value is -1.54. The van der Waals surface area contributed by atoms with E-state index in [2.05, 4.69) is 0 Å². The van der Waals surface area contributed by atoms with E-state index >= 15 is 0 Å². The minimum absolute atomic E-state index is 0. The van der Waals surface area contributed by atoms with Crippen LogP contribution in [0.25, 0.3) is 0 Å². The van der Waals surface area contributed by atoms with Crippen molar-refractivity contribution in [3.05, 3.63) is 46.0 Å². The smallest absolute Gasteiger partial charge is 0.0689 e. The molecule has 19 heavy (non-hydrogen) atoms. The molecule has 0 fully saturated rings. The first-order chi connectivity index (χ1) is 5.20. The van der Waals surface area contributed by atoms with Gasteiger partial charge in [-0.3, -0.25) is 0 Å². The summed E-state index contributed by atoms with van der Waals surface area (Å²) in [5.41, 5.74) is 0. The molecule has 0 spiro atoms. The predicted octanol–water partition coefficient (Wildman–Crippen LogP) is -5.67. The van der Waals surface area contributed by atoms with Gasteiger partial charge in [0.05, 0.1) is 15.3 Å². The van der Waals surface area contributed by atoms with Crippen molar-refractivity contribution in [1.82, 2.24) is 0 Å². The van der Waals surface area contributed by atoms with Gasteiger partial charge in [-0.25, -0.2) is 0 Å². The molecule has 0 aliphatic heterocycles. The third-order valence-corrected chi connectivity index (χ3v) is 0. The summed E-state index contributed by atoms with van der Waals surface area (Å²) in [6.07, 6.45) is 0. The molecule has 0 saturated carbocycles. The molecule has 0 aliphatic carbocycles. The summed E-state index contributed by atoms with van der Waals surface area (Å²) in [4.78, 5) is 24.8. The van der Waals surface area contributed by atoms with Gasteiger partial charge in [0.25, 0.3) is 0 Å². The second kappa shape index (κ2) is 70.7. The van der Waals surface area contributed by atoms with Gasteiger partial charge in [-0.2, -0.15) is 0 Å². The normalized spacial score (nSPS) is 3.79. The third kappa shape index (κ3) is 1460. The van der Waals surface area contributed by atoms with Crippen molar-refractivity contribution in [3.8, 4) is 0 Å². The fourth-order valence-electron chi connectivity index (χ4n) is 0. The Morgan fingerprint density at radius 3 is 0.421 bits per heavy atom. The van der Waals surface area contributed by atoms with E-state index in [-0.39, 0.29) is 65.6 Å². The fraction of sp³-hybridized carbons (Fsp3) is 0. The summed E-state index contributed by atoms with van der Waals surface area (Å²) < 4.78 is 0. The molecule has 0 rings (SSSR count). The van der Waals surface area contributed by atoms with Crippen molar-refractivity contribution in [3.63, 3.8) is 0 Å². The van der Waals surface area contributed by atoms with E-state index in [9.17, 15) is 0 Å². The molecule has 1 radical (unpaired) electrons. The van der Waals surface area contributed by atoms with E-state index < -0.39 is 15.3 Å². The second-order valence-electron chi connectivity index (χ2n) is 0.671. The SMILES string of the molecule is O.O.O.O.O.O.O=[N+]([O-])[O-].O=[N+]([O-])[O-].O=[N+]([O-])[O-].[Y]. The Balaban J connectivity index is -0.00000000675. The molecule has 0 bridgehead atoms. The Bertz CT molecular complexity index is 115. The van der Waals surface area contributed by atoms with Crippen LogP contribution in [-0.2, 0) is 32.7 Å². The van der Waals surface area contributed by atoms with Gasteiger partial charge in [0.15, 0.2) is 0 Å². The molecule has 0 saturated heterocycles. The zero-order valence-corrected chi connectivity index (χ0v) is 11.4. The number of hydrogen-bond acceptors (Lipinski definition) is 9. The maximum atomic E-state index is 8.25. The van der Waals surface area contributed by atoms with Crippen molar-refractivity contribution in [1.29, 1.82) is 0 Å². The molecular weight excluding hydrogens is 371 g/mol. The van der Waals surface area contributed by atoms with E-state index in [4.69, 9.17) is 46.0 Å². The van der Waals surface area contributed by atoms with Crippen molar-refractivity contribution in [2.75, 3.05) is 0 Å². The summed E-state index contributed by atoms with van der Waals surface area (Å²) in [6, 6.07) is 0. The summed E-state index contributed by atoms with van der Waals surface area (Å²) in [6.45, 7) is 0. The maximum Gasteiger partial charge on any atom is 0.0689 e. The van der Waals surface area contributed by atoms with Crippen molar-refractivity contribution in [2.24, 2.45) is 0 Å². The van der Waals surface area contributed by atoms with Gasteiger partial charge in [-0.15, -0.1) is 0 Å². The summed E-state index contributed by atoms with van der Waals surface area (Å²) in [5.74, 6) is 0. The quantitative estimate of drug-likeness (QED) is 0.283. The molecule has 123 valence electrons. The van der Waals surface area contributed by atoms with Crippen molar-refractivity contribution in [2.45, 2.75) is 0 Å². The first-order valence-corrected chi connectivity index (χ1v) is 1.64. The van der Waals surface area contributed by atoms with Crippen molar-refractivity contribution >= 4 is 0 Å². The van der Waals surface area contributed by atoms with Crippen LogP contribution in [0.15, 0.2) is 0 Å². The van der Waals surface area contributed by atoms with Gasteiger partial charge >= 0.3 is 0 Å². The van der Waals surface area contributed by atoms with Gasteiger partial charge in [-0.1, -0.05) is 0 Å². The van der Waals surface area contributed by atoms with Gasteiger partial charge in [0, 0.05) is 32.7 Å². The molecule has 19 heteroatoms. The predicted molar refractivity (Wildman–Crippen MR) is 52.8 cm³/mol. The Labute approximate surface area is 127 Å². The summed E-state index contributed by atoms with van der Waals surface area (Å²) in [7, 11) is 0. The van der Waals surface area contributed by atoms with Crippen LogP contribution in [0.2, 0.25) is 0 Å². The zero-order valence-electron chi connectivity index (χ0n) is 8.59. The molecule has 0 aromatic heterocycles. The first kappa shape index (κ1) is 85.0. The molecule has 0 aromatic rings. The average Bonchev–Trinajstić information content (AvgIpc) is 1.54. The van der Waals surface area contributed by atoms with Crippen LogP contribution in [0.3, 0.4) is 0 Å². The average molecular weight is 383 g/mol. The summed E-state index contributed by atoms with van der Waals surface area (Å²) >= 11 is 0. The van der Waals surface area contributed by atoms with Gasteiger partial charge in [0.2, 0.25) is 0 Å². The Kier molecular flexibility index (Phi) is 316. The van der Waals surface area contributed by atoms with Gasteiger partial charge in [0.1, 0.15) is 0 Å². The molecular formula is H12N3O15Y-3. The Morgan fingerprint density at radius 1 is 0.421 bits per heavy atom. The molecule has 18 nitrogen and oxygen atoms in total. The van der Waals surface area contributed by atoms with Crippen LogP contribution in [0.4, 0.5) is 0 Å². The fourth-order valence-corrected chi connectivity index (χ4v) is 0. The van der Waals surface area contributed by atoms with Gasteiger partial charge < -0.3 is 78.8 Å². The third-order valence-electron chi connectivity index (χ3n) is 0. The van der Waals surface area contributed by atoms with Crippen LogP contribution >= 0.6 is 0 Å². The minimum atomic E-state index is -1.75. The van der Waals surface area contributed by atoms with Crippen LogP contribution in [0, 0.1) is 46.0 Å². The van der Waals surface area contributed by atoms with E-state index in [1.807, 2.05) is 0 Å². The standard InChI is InChI=1S/3NO3.6H2O.Y/c3*2-1(3)4;;;;;;;/h;;;6*1H2;/q3*-1;;;;;;;.